The van der Waals surface area contributed by atoms with E-state index in [-0.39, 0.29) is 17.1 Å². The van der Waals surface area contributed by atoms with Gasteiger partial charge in [0.15, 0.2) is 5.13 Å². The van der Waals surface area contributed by atoms with Gasteiger partial charge in [-0.1, -0.05) is 29.8 Å². The molecule has 1 aromatic carbocycles. The number of amides is 2. The Bertz CT molecular complexity index is 935. The van der Waals surface area contributed by atoms with Crippen molar-refractivity contribution in [1.82, 2.24) is 14.8 Å². The number of rotatable bonds is 5. The highest BCUT2D eigenvalue weighted by Crippen LogP contribution is 2.25. The molecule has 0 fully saturated rings. The van der Waals surface area contributed by atoms with Gasteiger partial charge in [-0.25, -0.2) is 9.67 Å². The van der Waals surface area contributed by atoms with Gasteiger partial charge in [0.05, 0.1) is 23.5 Å². The number of carbonyl (C=O) groups is 2. The van der Waals surface area contributed by atoms with Gasteiger partial charge in [-0.05, 0) is 19.1 Å². The maximum absolute atomic E-state index is 12.6. The summed E-state index contributed by atoms with van der Waals surface area (Å²) in [6.45, 7) is 1.71. The number of halogens is 1. The van der Waals surface area contributed by atoms with E-state index in [9.17, 15) is 9.59 Å². The van der Waals surface area contributed by atoms with Crippen LogP contribution in [0.2, 0.25) is 5.15 Å². The molecule has 0 unspecified atom stereocenters. The van der Waals surface area contributed by atoms with Crippen LogP contribution in [0.15, 0.2) is 35.7 Å². The predicted octanol–water partition coefficient (Wildman–Crippen LogP) is 2.57. The van der Waals surface area contributed by atoms with Crippen LogP contribution < -0.4 is 11.1 Å². The van der Waals surface area contributed by atoms with Crippen LogP contribution in [0.25, 0.3) is 5.69 Å². The minimum Gasteiger partial charge on any atom is -0.369 e. The second-order valence-corrected chi connectivity index (χ2v) is 6.46. The lowest BCUT2D eigenvalue weighted by atomic mass is 10.2. The number of nitrogens with two attached hydrogens (primary N) is 1. The van der Waals surface area contributed by atoms with E-state index in [1.54, 1.807) is 12.3 Å². The number of thiazole rings is 1. The number of aryl methyl sites for hydroxylation is 1. The first-order chi connectivity index (χ1) is 12.0. The molecule has 2 aromatic heterocycles. The van der Waals surface area contributed by atoms with Crippen LogP contribution in [0.1, 0.15) is 21.7 Å². The number of hydrogen-bond acceptors (Lipinski definition) is 5. The van der Waals surface area contributed by atoms with E-state index in [4.69, 9.17) is 17.3 Å². The quantitative estimate of drug-likeness (QED) is 0.715. The van der Waals surface area contributed by atoms with Crippen LogP contribution in [0, 0.1) is 6.92 Å². The molecule has 0 saturated carbocycles. The van der Waals surface area contributed by atoms with E-state index in [1.165, 1.54) is 16.0 Å². The summed E-state index contributed by atoms with van der Waals surface area (Å²) in [5.41, 5.74) is 7.18. The third-order valence-corrected chi connectivity index (χ3v) is 4.52. The minimum atomic E-state index is -0.480. The Morgan fingerprint density at radius 2 is 2.04 bits per heavy atom. The first kappa shape index (κ1) is 17.1. The minimum absolute atomic E-state index is 0.0259. The number of nitrogens with zero attached hydrogens (tertiary/aromatic N) is 3. The molecule has 0 spiro atoms. The highest BCUT2D eigenvalue weighted by molar-refractivity contribution is 7.14. The third kappa shape index (κ3) is 3.70. The molecular weight excluding hydrogens is 362 g/mol. The number of benzene rings is 1. The molecule has 0 aliphatic heterocycles. The van der Waals surface area contributed by atoms with Crippen LogP contribution in [-0.2, 0) is 11.2 Å². The Morgan fingerprint density at radius 3 is 2.72 bits per heavy atom. The highest BCUT2D eigenvalue weighted by atomic mass is 35.5. The van der Waals surface area contributed by atoms with Gasteiger partial charge in [0.25, 0.3) is 5.91 Å². The predicted molar refractivity (Wildman–Crippen MR) is 96.3 cm³/mol. The van der Waals surface area contributed by atoms with Crippen molar-refractivity contribution in [3.63, 3.8) is 0 Å². The zero-order chi connectivity index (χ0) is 18.0. The molecule has 0 atom stereocenters. The number of para-hydroxylation sites is 1. The lowest BCUT2D eigenvalue weighted by Crippen LogP contribution is -2.15. The number of hydrogen-bond donors (Lipinski definition) is 2. The Balaban J connectivity index is 1.84. The van der Waals surface area contributed by atoms with Crippen molar-refractivity contribution in [3.05, 3.63) is 57.8 Å². The van der Waals surface area contributed by atoms with Crippen molar-refractivity contribution in [2.45, 2.75) is 13.3 Å². The number of anilines is 1. The number of aromatic nitrogens is 3. The maximum Gasteiger partial charge on any atom is 0.262 e. The maximum atomic E-state index is 12.6. The van der Waals surface area contributed by atoms with E-state index < -0.39 is 11.8 Å². The summed E-state index contributed by atoms with van der Waals surface area (Å²) in [5, 5.41) is 9.26. The third-order valence-electron chi connectivity index (χ3n) is 3.36. The Hall–Kier alpha value is -2.71. The van der Waals surface area contributed by atoms with Crippen LogP contribution in [0.5, 0.6) is 0 Å². The van der Waals surface area contributed by atoms with Gasteiger partial charge in [-0.15, -0.1) is 11.3 Å². The van der Waals surface area contributed by atoms with Gasteiger partial charge >= 0.3 is 0 Å². The molecule has 2 heterocycles. The molecule has 0 bridgehead atoms. The fourth-order valence-corrected chi connectivity index (χ4v) is 3.34. The summed E-state index contributed by atoms with van der Waals surface area (Å²) in [5.74, 6) is -0.893. The zero-order valence-corrected chi connectivity index (χ0v) is 14.8. The molecule has 0 aliphatic carbocycles. The molecule has 3 N–H and O–H groups in total. The molecule has 128 valence electrons. The normalized spacial score (nSPS) is 10.6. The number of primary amides is 1. The fourth-order valence-electron chi connectivity index (χ4n) is 2.28. The first-order valence-electron chi connectivity index (χ1n) is 7.30. The topological polar surface area (TPSA) is 103 Å². The summed E-state index contributed by atoms with van der Waals surface area (Å²) in [6.07, 6.45) is 0.0259. The van der Waals surface area contributed by atoms with E-state index in [0.29, 0.717) is 16.5 Å². The second-order valence-electron chi connectivity index (χ2n) is 5.24. The van der Waals surface area contributed by atoms with Crippen molar-refractivity contribution >= 4 is 39.9 Å². The Morgan fingerprint density at radius 1 is 1.32 bits per heavy atom. The fraction of sp³-hybridized carbons (Fsp3) is 0.125. The van der Waals surface area contributed by atoms with Crippen LogP contribution in [0.3, 0.4) is 0 Å². The van der Waals surface area contributed by atoms with Crippen molar-refractivity contribution in [2.24, 2.45) is 5.73 Å². The van der Waals surface area contributed by atoms with Gasteiger partial charge in [-0.3, -0.25) is 14.9 Å². The van der Waals surface area contributed by atoms with E-state index in [1.807, 2.05) is 30.3 Å². The number of carbonyl (C=O) groups excluding carboxylic acids is 2. The largest absolute Gasteiger partial charge is 0.369 e. The lowest BCUT2D eigenvalue weighted by molar-refractivity contribution is -0.117. The van der Waals surface area contributed by atoms with Gasteiger partial charge in [0.1, 0.15) is 10.7 Å². The average molecular weight is 376 g/mol. The monoisotopic (exact) mass is 375 g/mol. The molecule has 0 saturated heterocycles. The van der Waals surface area contributed by atoms with Gasteiger partial charge < -0.3 is 5.73 Å². The van der Waals surface area contributed by atoms with Crippen molar-refractivity contribution < 1.29 is 9.59 Å². The summed E-state index contributed by atoms with van der Waals surface area (Å²) < 4.78 is 1.51. The SMILES string of the molecule is Cc1nn(-c2ccccc2)c(Cl)c1C(=O)Nc1nc(CC(N)=O)cs1. The van der Waals surface area contributed by atoms with Crippen molar-refractivity contribution in [2.75, 3.05) is 5.32 Å². The molecule has 0 radical (unpaired) electrons. The lowest BCUT2D eigenvalue weighted by Gasteiger charge is -2.03. The molecule has 25 heavy (non-hydrogen) atoms. The summed E-state index contributed by atoms with van der Waals surface area (Å²) >= 11 is 7.57. The van der Waals surface area contributed by atoms with E-state index in [0.717, 1.165) is 5.69 Å². The van der Waals surface area contributed by atoms with Crippen LogP contribution >= 0.6 is 22.9 Å². The molecular formula is C16H14ClN5O2S. The van der Waals surface area contributed by atoms with E-state index in [2.05, 4.69) is 15.4 Å². The molecule has 7 nitrogen and oxygen atoms in total. The summed E-state index contributed by atoms with van der Waals surface area (Å²) in [6, 6.07) is 9.29. The average Bonchev–Trinajstić information content (AvgIpc) is 3.11. The molecule has 3 rings (SSSR count). The summed E-state index contributed by atoms with van der Waals surface area (Å²) in [7, 11) is 0. The van der Waals surface area contributed by atoms with Crippen LogP contribution in [0.4, 0.5) is 5.13 Å². The Kier molecular flexibility index (Phi) is 4.82. The van der Waals surface area contributed by atoms with Crippen molar-refractivity contribution in [3.8, 4) is 5.69 Å². The van der Waals surface area contributed by atoms with Gasteiger partial charge in [-0.2, -0.15) is 5.10 Å². The molecule has 2 amide bonds. The van der Waals surface area contributed by atoms with Gasteiger partial charge in [0, 0.05) is 5.38 Å². The Labute approximate surface area is 152 Å². The van der Waals surface area contributed by atoms with Gasteiger partial charge in [0.2, 0.25) is 5.91 Å². The summed E-state index contributed by atoms with van der Waals surface area (Å²) in [4.78, 5) is 27.6. The second kappa shape index (κ2) is 7.04. The molecule has 0 aliphatic rings. The first-order valence-corrected chi connectivity index (χ1v) is 8.56. The number of nitrogens with one attached hydrogen (secondary N) is 1. The highest BCUT2D eigenvalue weighted by Gasteiger charge is 2.22. The smallest absolute Gasteiger partial charge is 0.262 e. The van der Waals surface area contributed by atoms with E-state index >= 15 is 0 Å². The molecule has 9 heteroatoms. The molecule has 3 aromatic rings. The zero-order valence-electron chi connectivity index (χ0n) is 13.2. The van der Waals surface area contributed by atoms with Crippen LogP contribution in [-0.4, -0.2) is 26.6 Å². The standard InChI is InChI=1S/C16H14ClN5O2S/c1-9-13(14(17)22(21-9)11-5-3-2-4-6-11)15(24)20-16-19-10(8-25-16)7-12(18)23/h2-6,8H,7H2,1H3,(H2,18,23)(H,19,20,24). The van der Waals surface area contributed by atoms with Crippen molar-refractivity contribution in [1.29, 1.82) is 0 Å².